The van der Waals surface area contributed by atoms with Crippen molar-refractivity contribution in [3.63, 3.8) is 0 Å². The average Bonchev–Trinajstić information content (AvgIpc) is 2.74. The largest absolute Gasteiger partial charge is 0.497 e. The van der Waals surface area contributed by atoms with Crippen LogP contribution in [-0.4, -0.2) is 36.2 Å². The van der Waals surface area contributed by atoms with Gasteiger partial charge >= 0.3 is 5.97 Å². The number of hydrogen-bond acceptors (Lipinski definition) is 6. The standard InChI is InChI=1S/C22H23N3O3/c1-3-28-22(26)19-15-24-20(17-9-5-4-6-10-17)25-21(19)23-13-12-16-8-7-11-18(14-16)27-2/h4-11,14-15H,3,12-13H2,1-2H3,(H,23,24,25). The van der Waals surface area contributed by atoms with Gasteiger partial charge in [-0.15, -0.1) is 0 Å². The molecule has 0 aliphatic carbocycles. The summed E-state index contributed by atoms with van der Waals surface area (Å²) in [5.41, 5.74) is 2.34. The minimum absolute atomic E-state index is 0.294. The highest BCUT2D eigenvalue weighted by molar-refractivity contribution is 5.94. The Balaban J connectivity index is 1.80. The molecule has 0 fully saturated rings. The zero-order chi connectivity index (χ0) is 19.8. The van der Waals surface area contributed by atoms with Crippen LogP contribution >= 0.6 is 0 Å². The first-order valence-electron chi connectivity index (χ1n) is 9.17. The molecular formula is C22H23N3O3. The van der Waals surface area contributed by atoms with E-state index in [9.17, 15) is 4.79 Å². The number of benzene rings is 2. The number of ether oxygens (including phenoxy) is 2. The van der Waals surface area contributed by atoms with Gasteiger partial charge in [0.2, 0.25) is 0 Å². The molecule has 1 N–H and O–H groups in total. The Morgan fingerprint density at radius 3 is 2.68 bits per heavy atom. The van der Waals surface area contributed by atoms with Crippen LogP contribution in [0, 0.1) is 0 Å². The van der Waals surface area contributed by atoms with E-state index in [1.165, 1.54) is 6.20 Å². The summed E-state index contributed by atoms with van der Waals surface area (Å²) in [5, 5.41) is 3.26. The van der Waals surface area contributed by atoms with Crippen molar-refractivity contribution in [1.29, 1.82) is 0 Å². The third kappa shape index (κ3) is 4.85. The first-order valence-corrected chi connectivity index (χ1v) is 9.17. The van der Waals surface area contributed by atoms with Gasteiger partial charge in [0, 0.05) is 18.3 Å². The molecule has 144 valence electrons. The molecule has 2 aromatic carbocycles. The zero-order valence-electron chi connectivity index (χ0n) is 16.0. The van der Waals surface area contributed by atoms with Crippen LogP contribution in [0.5, 0.6) is 5.75 Å². The van der Waals surface area contributed by atoms with Crippen molar-refractivity contribution in [2.24, 2.45) is 0 Å². The van der Waals surface area contributed by atoms with Crippen molar-refractivity contribution in [2.75, 3.05) is 25.6 Å². The Labute approximate surface area is 164 Å². The number of carbonyl (C=O) groups excluding carboxylic acids is 1. The molecule has 0 radical (unpaired) electrons. The van der Waals surface area contributed by atoms with Crippen molar-refractivity contribution in [2.45, 2.75) is 13.3 Å². The Morgan fingerprint density at radius 1 is 1.11 bits per heavy atom. The third-order valence-electron chi connectivity index (χ3n) is 4.16. The number of carbonyl (C=O) groups is 1. The average molecular weight is 377 g/mol. The Kier molecular flexibility index (Phi) is 6.57. The molecule has 0 spiro atoms. The van der Waals surface area contributed by atoms with E-state index >= 15 is 0 Å². The van der Waals surface area contributed by atoms with Gasteiger partial charge in [0.1, 0.15) is 17.1 Å². The molecule has 0 saturated carbocycles. The van der Waals surface area contributed by atoms with Crippen LogP contribution in [-0.2, 0) is 11.2 Å². The predicted molar refractivity (Wildman–Crippen MR) is 109 cm³/mol. The van der Waals surface area contributed by atoms with Gasteiger partial charge in [-0.2, -0.15) is 0 Å². The number of hydrogen-bond donors (Lipinski definition) is 1. The smallest absolute Gasteiger partial charge is 0.343 e. The van der Waals surface area contributed by atoms with E-state index in [0.29, 0.717) is 30.4 Å². The van der Waals surface area contributed by atoms with Crippen molar-refractivity contribution in [3.05, 3.63) is 71.9 Å². The van der Waals surface area contributed by atoms with Crippen LogP contribution in [0.15, 0.2) is 60.8 Å². The molecule has 6 heteroatoms. The number of nitrogens with one attached hydrogen (secondary N) is 1. The van der Waals surface area contributed by atoms with Crippen molar-refractivity contribution >= 4 is 11.8 Å². The van der Waals surface area contributed by atoms with Crippen molar-refractivity contribution < 1.29 is 14.3 Å². The van der Waals surface area contributed by atoms with Gasteiger partial charge in [0.25, 0.3) is 0 Å². The second kappa shape index (κ2) is 9.50. The molecule has 6 nitrogen and oxygen atoms in total. The second-order valence-electron chi connectivity index (χ2n) is 6.07. The number of nitrogens with zero attached hydrogens (tertiary/aromatic N) is 2. The van der Waals surface area contributed by atoms with Crippen LogP contribution in [0.25, 0.3) is 11.4 Å². The van der Waals surface area contributed by atoms with E-state index in [1.54, 1.807) is 14.0 Å². The minimum atomic E-state index is -0.439. The summed E-state index contributed by atoms with van der Waals surface area (Å²) in [6.45, 7) is 2.67. The highest BCUT2D eigenvalue weighted by atomic mass is 16.5. The van der Waals surface area contributed by atoms with Gasteiger partial charge in [-0.05, 0) is 31.0 Å². The van der Waals surface area contributed by atoms with Gasteiger partial charge in [0.15, 0.2) is 5.82 Å². The molecule has 0 aliphatic rings. The lowest BCUT2D eigenvalue weighted by Crippen LogP contribution is -2.14. The number of anilines is 1. The van der Waals surface area contributed by atoms with Gasteiger partial charge < -0.3 is 14.8 Å². The fourth-order valence-electron chi connectivity index (χ4n) is 2.75. The molecule has 0 saturated heterocycles. The molecular weight excluding hydrogens is 354 g/mol. The fraction of sp³-hybridized carbons (Fsp3) is 0.227. The summed E-state index contributed by atoms with van der Waals surface area (Å²) < 4.78 is 10.4. The summed E-state index contributed by atoms with van der Waals surface area (Å²) in [5.74, 6) is 1.40. The van der Waals surface area contributed by atoms with Gasteiger partial charge in [-0.1, -0.05) is 42.5 Å². The molecule has 1 heterocycles. The van der Waals surface area contributed by atoms with E-state index in [2.05, 4.69) is 15.3 Å². The van der Waals surface area contributed by atoms with Crippen molar-refractivity contribution in [1.82, 2.24) is 9.97 Å². The second-order valence-corrected chi connectivity index (χ2v) is 6.07. The summed E-state index contributed by atoms with van der Waals surface area (Å²) >= 11 is 0. The lowest BCUT2D eigenvalue weighted by molar-refractivity contribution is 0.0526. The molecule has 0 unspecified atom stereocenters. The Hall–Kier alpha value is -3.41. The van der Waals surface area contributed by atoms with Crippen LogP contribution < -0.4 is 10.1 Å². The highest BCUT2D eigenvalue weighted by Gasteiger charge is 2.16. The number of aromatic nitrogens is 2. The maximum atomic E-state index is 12.3. The summed E-state index contributed by atoms with van der Waals surface area (Å²) in [6, 6.07) is 17.5. The van der Waals surface area contributed by atoms with Gasteiger partial charge in [-0.3, -0.25) is 0 Å². The Morgan fingerprint density at radius 2 is 1.93 bits per heavy atom. The SMILES string of the molecule is CCOC(=O)c1cnc(-c2ccccc2)nc1NCCc1cccc(OC)c1. The third-order valence-corrected chi connectivity index (χ3v) is 4.16. The summed E-state index contributed by atoms with van der Waals surface area (Å²) in [4.78, 5) is 21.2. The molecule has 3 aromatic rings. The summed E-state index contributed by atoms with van der Waals surface area (Å²) in [6.07, 6.45) is 2.27. The first kappa shape index (κ1) is 19.4. The van der Waals surface area contributed by atoms with Crippen molar-refractivity contribution in [3.8, 4) is 17.1 Å². The lowest BCUT2D eigenvalue weighted by Gasteiger charge is -2.12. The van der Waals surface area contributed by atoms with E-state index in [0.717, 1.165) is 23.3 Å². The number of methoxy groups -OCH3 is 1. The van der Waals surface area contributed by atoms with Crippen LogP contribution in [0.4, 0.5) is 5.82 Å². The lowest BCUT2D eigenvalue weighted by atomic mass is 10.1. The summed E-state index contributed by atoms with van der Waals surface area (Å²) in [7, 11) is 1.65. The molecule has 0 aliphatic heterocycles. The van der Waals surface area contributed by atoms with Crippen LogP contribution in [0.3, 0.4) is 0 Å². The van der Waals surface area contributed by atoms with Crippen LogP contribution in [0.1, 0.15) is 22.8 Å². The molecule has 1 aromatic heterocycles. The van der Waals surface area contributed by atoms with E-state index in [-0.39, 0.29) is 0 Å². The molecule has 28 heavy (non-hydrogen) atoms. The van der Waals surface area contributed by atoms with Gasteiger partial charge in [0.05, 0.1) is 13.7 Å². The van der Waals surface area contributed by atoms with Gasteiger partial charge in [-0.25, -0.2) is 14.8 Å². The predicted octanol–water partition coefficient (Wildman–Crippen LogP) is 3.98. The molecule has 0 atom stereocenters. The monoisotopic (exact) mass is 377 g/mol. The number of esters is 1. The highest BCUT2D eigenvalue weighted by Crippen LogP contribution is 2.20. The van der Waals surface area contributed by atoms with E-state index in [1.807, 2.05) is 54.6 Å². The zero-order valence-corrected chi connectivity index (χ0v) is 16.0. The Bertz CT molecular complexity index is 929. The van der Waals surface area contributed by atoms with E-state index in [4.69, 9.17) is 9.47 Å². The topological polar surface area (TPSA) is 73.3 Å². The maximum Gasteiger partial charge on any atom is 0.343 e. The fourth-order valence-corrected chi connectivity index (χ4v) is 2.75. The van der Waals surface area contributed by atoms with E-state index < -0.39 is 5.97 Å². The van der Waals surface area contributed by atoms with Crippen LogP contribution in [0.2, 0.25) is 0 Å². The minimum Gasteiger partial charge on any atom is -0.497 e. The maximum absolute atomic E-state index is 12.3. The first-order chi connectivity index (χ1) is 13.7. The normalized spacial score (nSPS) is 10.4. The number of rotatable bonds is 8. The molecule has 0 bridgehead atoms. The molecule has 3 rings (SSSR count). The quantitative estimate of drug-likeness (QED) is 0.599. The molecule has 0 amide bonds.